The maximum Gasteiger partial charge on any atom is 0.123 e. The topological polar surface area (TPSA) is 0 Å². The largest absolute Gasteiger partial charge is 0.207 e. The molecule has 0 aliphatic heterocycles. The normalized spacial score (nSPS) is 10.5. The lowest BCUT2D eigenvalue weighted by Crippen LogP contribution is -1.77. The second-order valence-electron chi connectivity index (χ2n) is 2.99. The molecule has 0 saturated carbocycles. The van der Waals surface area contributed by atoms with Crippen LogP contribution in [0.3, 0.4) is 0 Å². The Morgan fingerprint density at radius 2 is 1.67 bits per heavy atom. The van der Waals surface area contributed by atoms with Crippen molar-refractivity contribution < 1.29 is 4.39 Å². The Labute approximate surface area is 70.6 Å². The molecule has 60 valence electrons. The fraction of sp³-hybridized carbons (Fsp3) is 0.0909. The van der Waals surface area contributed by atoms with Crippen LogP contribution in [-0.4, -0.2) is 0 Å². The van der Waals surface area contributed by atoms with Crippen molar-refractivity contribution in [3.05, 3.63) is 47.8 Å². The average molecular weight is 160 g/mol. The van der Waals surface area contributed by atoms with E-state index in [0.29, 0.717) is 0 Å². The van der Waals surface area contributed by atoms with Gasteiger partial charge in [0.05, 0.1) is 0 Å². The highest BCUT2D eigenvalue weighted by molar-refractivity contribution is 5.83. The van der Waals surface area contributed by atoms with E-state index in [4.69, 9.17) is 0 Å². The van der Waals surface area contributed by atoms with E-state index in [0.717, 1.165) is 16.3 Å². The van der Waals surface area contributed by atoms with Crippen molar-refractivity contribution in [2.45, 2.75) is 6.92 Å². The fourth-order valence-electron chi connectivity index (χ4n) is 1.34. The molecule has 0 atom stereocenters. The molecule has 0 unspecified atom stereocenters. The maximum atomic E-state index is 12.8. The predicted octanol–water partition coefficient (Wildman–Crippen LogP) is 3.29. The minimum atomic E-state index is -0.173. The monoisotopic (exact) mass is 160 g/mol. The van der Waals surface area contributed by atoms with Crippen LogP contribution in [0.5, 0.6) is 0 Å². The van der Waals surface area contributed by atoms with Gasteiger partial charge < -0.3 is 0 Å². The van der Waals surface area contributed by atoms with Gasteiger partial charge in [0.25, 0.3) is 0 Å². The molecule has 0 N–H and O–H groups in total. The Hall–Kier alpha value is -1.37. The van der Waals surface area contributed by atoms with Gasteiger partial charge in [0, 0.05) is 0 Å². The molecule has 0 nitrogen and oxygen atoms in total. The highest BCUT2D eigenvalue weighted by Crippen LogP contribution is 2.16. The second-order valence-corrected chi connectivity index (χ2v) is 2.99. The molecule has 0 aliphatic carbocycles. The summed E-state index contributed by atoms with van der Waals surface area (Å²) in [4.78, 5) is 0. The van der Waals surface area contributed by atoms with Crippen LogP contribution in [0.15, 0.2) is 36.4 Å². The van der Waals surface area contributed by atoms with E-state index in [-0.39, 0.29) is 5.82 Å². The van der Waals surface area contributed by atoms with Gasteiger partial charge in [-0.25, -0.2) is 4.39 Å². The Bertz CT molecular complexity index is 382. The molecule has 1 heteroatoms. The zero-order valence-corrected chi connectivity index (χ0v) is 6.84. The van der Waals surface area contributed by atoms with Gasteiger partial charge in [0.2, 0.25) is 0 Å². The molecule has 2 rings (SSSR count). The molecule has 2 aromatic rings. The zero-order chi connectivity index (χ0) is 8.55. The molecule has 0 aromatic heterocycles. The molecule has 0 bridgehead atoms. The van der Waals surface area contributed by atoms with E-state index in [9.17, 15) is 4.39 Å². The van der Waals surface area contributed by atoms with Crippen LogP contribution >= 0.6 is 0 Å². The van der Waals surface area contributed by atoms with Crippen LogP contribution in [0, 0.1) is 12.7 Å². The van der Waals surface area contributed by atoms with Crippen molar-refractivity contribution in [1.29, 1.82) is 0 Å². The lowest BCUT2D eigenvalue weighted by Gasteiger charge is -1.98. The van der Waals surface area contributed by atoms with Gasteiger partial charge in [0.15, 0.2) is 0 Å². The molecule has 12 heavy (non-hydrogen) atoms. The van der Waals surface area contributed by atoms with Gasteiger partial charge in [-0.05, 0) is 29.8 Å². The summed E-state index contributed by atoms with van der Waals surface area (Å²) in [6.07, 6.45) is 0. The van der Waals surface area contributed by atoms with Crippen molar-refractivity contribution in [3.63, 3.8) is 0 Å². The lowest BCUT2D eigenvalue weighted by atomic mass is 10.1. The Morgan fingerprint density at radius 1 is 0.917 bits per heavy atom. The first kappa shape index (κ1) is 7.29. The zero-order valence-electron chi connectivity index (χ0n) is 6.84. The van der Waals surface area contributed by atoms with Crippen LogP contribution in [0.2, 0.25) is 0 Å². The molecule has 0 saturated heterocycles. The van der Waals surface area contributed by atoms with Crippen molar-refractivity contribution >= 4 is 10.8 Å². The summed E-state index contributed by atoms with van der Waals surface area (Å²) in [5.41, 5.74) is 1.16. The van der Waals surface area contributed by atoms with E-state index < -0.39 is 0 Å². The SMILES string of the molecule is Cc1ccc2ccc(F)cc2c1. The summed E-state index contributed by atoms with van der Waals surface area (Å²) in [5.74, 6) is -0.173. The first-order chi connectivity index (χ1) is 5.75. The van der Waals surface area contributed by atoms with Crippen LogP contribution in [0.4, 0.5) is 4.39 Å². The Morgan fingerprint density at radius 3 is 2.50 bits per heavy atom. The second kappa shape index (κ2) is 2.59. The van der Waals surface area contributed by atoms with E-state index >= 15 is 0 Å². The standard InChI is InChI=1S/C11H9F/c1-8-2-3-9-4-5-11(12)7-10(9)6-8/h2-7H,1H3. The Balaban J connectivity index is 2.80. The summed E-state index contributed by atoms with van der Waals surface area (Å²) in [7, 11) is 0. The van der Waals surface area contributed by atoms with Gasteiger partial charge in [-0.2, -0.15) is 0 Å². The summed E-state index contributed by atoms with van der Waals surface area (Å²) in [5, 5.41) is 2.05. The molecule has 0 radical (unpaired) electrons. The molecule has 0 heterocycles. The van der Waals surface area contributed by atoms with E-state index in [1.165, 1.54) is 6.07 Å². The lowest BCUT2D eigenvalue weighted by molar-refractivity contribution is 0.630. The quantitative estimate of drug-likeness (QED) is 0.554. The van der Waals surface area contributed by atoms with Crippen LogP contribution in [0.1, 0.15) is 5.56 Å². The van der Waals surface area contributed by atoms with Gasteiger partial charge in [-0.3, -0.25) is 0 Å². The minimum Gasteiger partial charge on any atom is -0.207 e. The fourth-order valence-corrected chi connectivity index (χ4v) is 1.34. The number of rotatable bonds is 0. The van der Waals surface area contributed by atoms with E-state index in [1.807, 2.05) is 25.1 Å². The average Bonchev–Trinajstić information content (AvgIpc) is 2.03. The molecular weight excluding hydrogens is 151 g/mol. The first-order valence-electron chi connectivity index (χ1n) is 3.92. The van der Waals surface area contributed by atoms with Crippen molar-refractivity contribution in [2.75, 3.05) is 0 Å². The molecule has 2 aromatic carbocycles. The van der Waals surface area contributed by atoms with Gasteiger partial charge in [-0.15, -0.1) is 0 Å². The molecule has 0 aliphatic rings. The summed E-state index contributed by atoms with van der Waals surface area (Å²) in [6, 6.07) is 10.9. The van der Waals surface area contributed by atoms with Crippen LogP contribution in [0.25, 0.3) is 10.8 Å². The van der Waals surface area contributed by atoms with E-state index in [2.05, 4.69) is 0 Å². The Kier molecular flexibility index (Phi) is 1.58. The summed E-state index contributed by atoms with van der Waals surface area (Å²) >= 11 is 0. The van der Waals surface area contributed by atoms with Crippen molar-refractivity contribution in [1.82, 2.24) is 0 Å². The summed E-state index contributed by atoms with van der Waals surface area (Å²) < 4.78 is 12.8. The van der Waals surface area contributed by atoms with Crippen LogP contribution in [-0.2, 0) is 0 Å². The smallest absolute Gasteiger partial charge is 0.123 e. The number of hydrogen-bond acceptors (Lipinski definition) is 0. The van der Waals surface area contributed by atoms with Gasteiger partial charge in [-0.1, -0.05) is 29.8 Å². The molecular formula is C11H9F. The van der Waals surface area contributed by atoms with E-state index in [1.54, 1.807) is 12.1 Å². The predicted molar refractivity (Wildman–Crippen MR) is 48.6 cm³/mol. The number of hydrogen-bond donors (Lipinski definition) is 0. The number of fused-ring (bicyclic) bond motifs is 1. The summed E-state index contributed by atoms with van der Waals surface area (Å²) in [6.45, 7) is 2.00. The van der Waals surface area contributed by atoms with Crippen LogP contribution < -0.4 is 0 Å². The highest BCUT2D eigenvalue weighted by Gasteiger charge is 1.94. The van der Waals surface area contributed by atoms with Gasteiger partial charge >= 0.3 is 0 Å². The number of benzene rings is 2. The molecule has 0 fully saturated rings. The van der Waals surface area contributed by atoms with Crippen molar-refractivity contribution in [3.8, 4) is 0 Å². The number of halogens is 1. The third kappa shape index (κ3) is 1.18. The highest BCUT2D eigenvalue weighted by atomic mass is 19.1. The number of aryl methyl sites for hydroxylation is 1. The van der Waals surface area contributed by atoms with Crippen molar-refractivity contribution in [2.24, 2.45) is 0 Å². The third-order valence-electron chi connectivity index (χ3n) is 1.96. The first-order valence-corrected chi connectivity index (χ1v) is 3.92. The van der Waals surface area contributed by atoms with Gasteiger partial charge in [0.1, 0.15) is 5.82 Å². The minimum absolute atomic E-state index is 0.173. The maximum absolute atomic E-state index is 12.8. The molecule has 0 amide bonds. The molecule has 0 spiro atoms. The third-order valence-corrected chi connectivity index (χ3v) is 1.96.